The van der Waals surface area contributed by atoms with Crippen molar-refractivity contribution in [1.82, 2.24) is 5.32 Å². The van der Waals surface area contributed by atoms with E-state index in [9.17, 15) is 0 Å². The third-order valence-electron chi connectivity index (χ3n) is 3.32. The molecule has 1 aromatic carbocycles. The molecule has 0 aromatic heterocycles. The molecule has 2 rings (SSSR count). The summed E-state index contributed by atoms with van der Waals surface area (Å²) < 4.78 is 5.03. The summed E-state index contributed by atoms with van der Waals surface area (Å²) >= 11 is 2.06. The lowest BCUT2D eigenvalue weighted by Gasteiger charge is -2.10. The minimum absolute atomic E-state index is 0.774. The fourth-order valence-electron chi connectivity index (χ4n) is 2.33. The van der Waals surface area contributed by atoms with E-state index in [1.807, 2.05) is 0 Å². The van der Waals surface area contributed by atoms with Crippen LogP contribution in [0.5, 0.6) is 0 Å². The van der Waals surface area contributed by atoms with Crippen molar-refractivity contribution in [3.05, 3.63) is 29.8 Å². The van der Waals surface area contributed by atoms with Gasteiger partial charge in [-0.15, -0.1) is 11.8 Å². The summed E-state index contributed by atoms with van der Waals surface area (Å²) in [6.45, 7) is 2.62. The first-order chi connectivity index (χ1) is 8.88. The van der Waals surface area contributed by atoms with E-state index in [0.717, 1.165) is 24.9 Å². The van der Waals surface area contributed by atoms with Gasteiger partial charge in [0.05, 0.1) is 6.61 Å². The number of benzene rings is 1. The van der Waals surface area contributed by atoms with Gasteiger partial charge in [0.1, 0.15) is 0 Å². The molecular weight excluding hydrogens is 242 g/mol. The van der Waals surface area contributed by atoms with Gasteiger partial charge in [0.2, 0.25) is 0 Å². The van der Waals surface area contributed by atoms with Gasteiger partial charge in [0, 0.05) is 30.3 Å². The monoisotopic (exact) mass is 265 g/mol. The predicted molar refractivity (Wildman–Crippen MR) is 78.1 cm³/mol. The number of thioether (sulfide) groups is 1. The quantitative estimate of drug-likeness (QED) is 0.763. The summed E-state index contributed by atoms with van der Waals surface area (Å²) in [5, 5.41) is 4.24. The molecule has 0 bridgehead atoms. The van der Waals surface area contributed by atoms with Crippen LogP contribution in [0.25, 0.3) is 0 Å². The van der Waals surface area contributed by atoms with Crippen LogP contribution in [0, 0.1) is 0 Å². The van der Waals surface area contributed by atoms with E-state index in [1.165, 1.54) is 36.1 Å². The SMILES string of the molecule is COCCNCc1cccc(SC2CCCC2)c1. The van der Waals surface area contributed by atoms with E-state index < -0.39 is 0 Å². The van der Waals surface area contributed by atoms with Crippen molar-refractivity contribution in [1.29, 1.82) is 0 Å². The van der Waals surface area contributed by atoms with Crippen molar-refractivity contribution >= 4 is 11.8 Å². The molecular formula is C15H23NOS. The molecule has 0 amide bonds. The minimum atomic E-state index is 0.774. The number of hydrogen-bond acceptors (Lipinski definition) is 3. The molecule has 0 heterocycles. The predicted octanol–water partition coefficient (Wildman–Crippen LogP) is 3.46. The lowest BCUT2D eigenvalue weighted by Crippen LogP contribution is -2.18. The van der Waals surface area contributed by atoms with Gasteiger partial charge in [0.15, 0.2) is 0 Å². The summed E-state index contributed by atoms with van der Waals surface area (Å²) in [7, 11) is 1.74. The third-order valence-corrected chi connectivity index (χ3v) is 4.65. The van der Waals surface area contributed by atoms with Crippen LogP contribution >= 0.6 is 11.8 Å². The first-order valence-electron chi connectivity index (χ1n) is 6.84. The highest BCUT2D eigenvalue weighted by Crippen LogP contribution is 2.34. The largest absolute Gasteiger partial charge is 0.383 e. The zero-order valence-corrected chi connectivity index (χ0v) is 12.0. The summed E-state index contributed by atoms with van der Waals surface area (Å²) in [5.41, 5.74) is 1.37. The standard InChI is InChI=1S/C15H23NOS/c1-17-10-9-16-12-13-5-4-8-15(11-13)18-14-6-2-3-7-14/h4-5,8,11,14,16H,2-3,6-7,9-10,12H2,1H3. The average molecular weight is 265 g/mol. The Hall–Kier alpha value is -0.510. The van der Waals surface area contributed by atoms with Crippen molar-refractivity contribution < 1.29 is 4.74 Å². The lowest BCUT2D eigenvalue weighted by atomic mass is 10.2. The maximum Gasteiger partial charge on any atom is 0.0587 e. The molecule has 1 aliphatic carbocycles. The van der Waals surface area contributed by atoms with E-state index in [0.29, 0.717) is 0 Å². The molecule has 1 N–H and O–H groups in total. The highest BCUT2D eigenvalue weighted by molar-refractivity contribution is 8.00. The van der Waals surface area contributed by atoms with Crippen LogP contribution in [0.4, 0.5) is 0 Å². The Bertz CT molecular complexity index is 350. The molecule has 0 unspecified atom stereocenters. The van der Waals surface area contributed by atoms with Gasteiger partial charge in [-0.2, -0.15) is 0 Å². The van der Waals surface area contributed by atoms with Gasteiger partial charge >= 0.3 is 0 Å². The number of ether oxygens (including phenoxy) is 1. The van der Waals surface area contributed by atoms with Crippen LogP contribution in [0.2, 0.25) is 0 Å². The Morgan fingerprint density at radius 2 is 2.17 bits per heavy atom. The fourth-order valence-corrected chi connectivity index (χ4v) is 3.66. The number of rotatable bonds is 7. The maximum absolute atomic E-state index is 5.03. The van der Waals surface area contributed by atoms with Crippen LogP contribution < -0.4 is 5.32 Å². The van der Waals surface area contributed by atoms with Gasteiger partial charge in [-0.1, -0.05) is 25.0 Å². The second-order valence-corrected chi connectivity index (χ2v) is 6.22. The second kappa shape index (κ2) is 7.82. The van der Waals surface area contributed by atoms with Gasteiger partial charge in [-0.3, -0.25) is 0 Å². The molecule has 0 saturated heterocycles. The minimum Gasteiger partial charge on any atom is -0.383 e. The Balaban J connectivity index is 1.80. The summed E-state index contributed by atoms with van der Waals surface area (Å²) in [6, 6.07) is 8.92. The van der Waals surface area contributed by atoms with Crippen LogP contribution in [0.15, 0.2) is 29.2 Å². The van der Waals surface area contributed by atoms with Crippen molar-refractivity contribution in [3.63, 3.8) is 0 Å². The molecule has 1 aliphatic rings. The number of hydrogen-bond donors (Lipinski definition) is 1. The van der Waals surface area contributed by atoms with Crippen LogP contribution in [0.3, 0.4) is 0 Å². The molecule has 1 aromatic rings. The van der Waals surface area contributed by atoms with Crippen molar-refractivity contribution in [2.75, 3.05) is 20.3 Å². The highest BCUT2D eigenvalue weighted by atomic mass is 32.2. The van der Waals surface area contributed by atoms with Crippen LogP contribution in [0.1, 0.15) is 31.2 Å². The summed E-state index contributed by atoms with van der Waals surface area (Å²) in [5.74, 6) is 0. The normalized spacial score (nSPS) is 16.3. The van der Waals surface area contributed by atoms with Crippen molar-refractivity contribution in [2.45, 2.75) is 42.4 Å². The summed E-state index contributed by atoms with van der Waals surface area (Å²) in [4.78, 5) is 1.42. The van der Waals surface area contributed by atoms with E-state index >= 15 is 0 Å². The molecule has 1 saturated carbocycles. The van der Waals surface area contributed by atoms with E-state index in [4.69, 9.17) is 4.74 Å². The molecule has 0 spiro atoms. The Morgan fingerprint density at radius 3 is 2.94 bits per heavy atom. The van der Waals surface area contributed by atoms with Crippen molar-refractivity contribution in [2.24, 2.45) is 0 Å². The molecule has 3 heteroatoms. The smallest absolute Gasteiger partial charge is 0.0587 e. The van der Waals surface area contributed by atoms with Gasteiger partial charge in [-0.05, 0) is 30.5 Å². The first-order valence-corrected chi connectivity index (χ1v) is 7.71. The zero-order chi connectivity index (χ0) is 12.6. The van der Waals surface area contributed by atoms with E-state index in [2.05, 4.69) is 41.3 Å². The van der Waals surface area contributed by atoms with Crippen molar-refractivity contribution in [3.8, 4) is 0 Å². The van der Waals surface area contributed by atoms with Crippen LogP contribution in [-0.4, -0.2) is 25.5 Å². The molecule has 0 aliphatic heterocycles. The van der Waals surface area contributed by atoms with Crippen LogP contribution in [-0.2, 0) is 11.3 Å². The molecule has 2 nitrogen and oxygen atoms in total. The average Bonchev–Trinajstić information content (AvgIpc) is 2.88. The molecule has 1 fully saturated rings. The van der Waals surface area contributed by atoms with Gasteiger partial charge in [0.25, 0.3) is 0 Å². The lowest BCUT2D eigenvalue weighted by molar-refractivity contribution is 0.199. The zero-order valence-electron chi connectivity index (χ0n) is 11.2. The fraction of sp³-hybridized carbons (Fsp3) is 0.600. The highest BCUT2D eigenvalue weighted by Gasteiger charge is 2.15. The molecule has 0 atom stereocenters. The third kappa shape index (κ3) is 4.63. The van der Waals surface area contributed by atoms with E-state index in [1.54, 1.807) is 7.11 Å². The molecule has 100 valence electrons. The maximum atomic E-state index is 5.03. The van der Waals surface area contributed by atoms with E-state index in [-0.39, 0.29) is 0 Å². The second-order valence-electron chi connectivity index (χ2n) is 4.84. The molecule has 0 radical (unpaired) electrons. The Kier molecular flexibility index (Phi) is 6.05. The van der Waals surface area contributed by atoms with Gasteiger partial charge < -0.3 is 10.1 Å². The Morgan fingerprint density at radius 1 is 1.33 bits per heavy atom. The number of nitrogens with one attached hydrogen (secondary N) is 1. The molecule has 18 heavy (non-hydrogen) atoms. The van der Waals surface area contributed by atoms with Gasteiger partial charge in [-0.25, -0.2) is 0 Å². The first kappa shape index (κ1) is 13.9. The summed E-state index contributed by atoms with van der Waals surface area (Å²) in [6.07, 6.45) is 5.60. The number of methoxy groups -OCH3 is 1. The topological polar surface area (TPSA) is 21.3 Å². The Labute approximate surface area is 114 Å².